The van der Waals surface area contributed by atoms with Crippen LogP contribution in [-0.2, 0) is 10.0 Å². The zero-order chi connectivity index (χ0) is 14.8. The third kappa shape index (κ3) is 2.12. The van der Waals surface area contributed by atoms with Crippen LogP contribution >= 0.6 is 24.0 Å². The predicted molar refractivity (Wildman–Crippen MR) is 84.3 cm³/mol. The first-order chi connectivity index (χ1) is 10.0. The van der Waals surface area contributed by atoms with E-state index in [1.165, 1.54) is 18.2 Å². The van der Waals surface area contributed by atoms with Crippen LogP contribution in [0.5, 0.6) is 0 Å². The van der Waals surface area contributed by atoms with E-state index in [9.17, 15) is 12.8 Å². The van der Waals surface area contributed by atoms with Crippen molar-refractivity contribution in [2.75, 3.05) is 13.1 Å². The molecular formula is C14H17Cl2FN2O2S. The van der Waals surface area contributed by atoms with Gasteiger partial charge in [0.05, 0.1) is 5.02 Å². The molecule has 0 aromatic heterocycles. The first-order valence-electron chi connectivity index (χ1n) is 7.20. The van der Waals surface area contributed by atoms with Crippen molar-refractivity contribution in [1.29, 1.82) is 0 Å². The zero-order valence-electron chi connectivity index (χ0n) is 11.7. The van der Waals surface area contributed by atoms with Gasteiger partial charge >= 0.3 is 0 Å². The largest absolute Gasteiger partial charge is 0.316 e. The van der Waals surface area contributed by atoms with Crippen LogP contribution < -0.4 is 5.32 Å². The number of nitrogens with zero attached hydrogens (tertiary/aromatic N) is 1. The van der Waals surface area contributed by atoms with Crippen LogP contribution in [0.25, 0.3) is 0 Å². The fraction of sp³-hybridized carbons (Fsp3) is 0.571. The topological polar surface area (TPSA) is 49.4 Å². The van der Waals surface area contributed by atoms with Crippen molar-refractivity contribution in [2.24, 2.45) is 11.8 Å². The number of nitrogens with one attached hydrogen (secondary N) is 1. The second-order valence-electron chi connectivity index (χ2n) is 6.08. The third-order valence-electron chi connectivity index (χ3n) is 5.18. The Hall–Kier alpha value is -0.400. The van der Waals surface area contributed by atoms with Gasteiger partial charge < -0.3 is 5.32 Å². The average Bonchev–Trinajstić information content (AvgIpc) is 3.12. The van der Waals surface area contributed by atoms with Gasteiger partial charge in [-0.1, -0.05) is 17.7 Å². The minimum absolute atomic E-state index is 0. The van der Waals surface area contributed by atoms with Gasteiger partial charge in [-0.25, -0.2) is 12.8 Å². The molecule has 1 aromatic carbocycles. The van der Waals surface area contributed by atoms with Crippen LogP contribution in [0.1, 0.15) is 12.8 Å². The summed E-state index contributed by atoms with van der Waals surface area (Å²) >= 11 is 5.74. The molecule has 1 N–H and O–H groups in total. The smallest absolute Gasteiger partial charge is 0.246 e. The highest BCUT2D eigenvalue weighted by atomic mass is 35.5. The summed E-state index contributed by atoms with van der Waals surface area (Å²) in [6, 6.07) is 4.16. The molecule has 122 valence electrons. The Labute approximate surface area is 140 Å². The number of rotatable bonds is 2. The van der Waals surface area contributed by atoms with E-state index in [1.807, 2.05) is 0 Å². The quantitative estimate of drug-likeness (QED) is 0.873. The maximum Gasteiger partial charge on any atom is 0.246 e. The van der Waals surface area contributed by atoms with E-state index in [-0.39, 0.29) is 34.4 Å². The monoisotopic (exact) mass is 366 g/mol. The lowest BCUT2D eigenvalue weighted by atomic mass is 9.82. The molecule has 4 nitrogen and oxygen atoms in total. The molecule has 0 amide bonds. The van der Waals surface area contributed by atoms with Crippen LogP contribution in [-0.4, -0.2) is 37.9 Å². The molecule has 3 fully saturated rings. The molecule has 3 saturated heterocycles. The van der Waals surface area contributed by atoms with Crippen LogP contribution in [0, 0.1) is 17.7 Å². The van der Waals surface area contributed by atoms with Crippen molar-refractivity contribution in [1.82, 2.24) is 9.62 Å². The van der Waals surface area contributed by atoms with Gasteiger partial charge in [-0.05, 0) is 49.9 Å². The van der Waals surface area contributed by atoms with Crippen molar-refractivity contribution >= 4 is 34.0 Å². The molecule has 0 unspecified atom stereocenters. The van der Waals surface area contributed by atoms with Crippen molar-refractivity contribution in [2.45, 2.75) is 29.8 Å². The van der Waals surface area contributed by atoms with Gasteiger partial charge in [0.15, 0.2) is 5.82 Å². The molecule has 0 saturated carbocycles. The number of sulfonamides is 1. The summed E-state index contributed by atoms with van der Waals surface area (Å²) in [4.78, 5) is -0.292. The maximum atomic E-state index is 14.2. The predicted octanol–water partition coefficient (Wildman–Crippen LogP) is 2.27. The van der Waals surface area contributed by atoms with Gasteiger partial charge in [-0.2, -0.15) is 4.31 Å². The summed E-state index contributed by atoms with van der Waals surface area (Å²) in [6.07, 6.45) is 1.74. The van der Waals surface area contributed by atoms with Crippen molar-refractivity contribution in [3.8, 4) is 0 Å². The van der Waals surface area contributed by atoms with Crippen molar-refractivity contribution < 1.29 is 12.8 Å². The minimum atomic E-state index is -3.82. The highest BCUT2D eigenvalue weighted by Gasteiger charge is 2.59. The molecule has 1 aromatic rings. The van der Waals surface area contributed by atoms with E-state index in [2.05, 4.69) is 5.32 Å². The molecule has 3 heterocycles. The Morgan fingerprint density at radius 2 is 1.77 bits per heavy atom. The lowest BCUT2D eigenvalue weighted by Crippen LogP contribution is -2.39. The molecule has 2 bridgehead atoms. The van der Waals surface area contributed by atoms with E-state index in [4.69, 9.17) is 11.6 Å². The lowest BCUT2D eigenvalue weighted by Gasteiger charge is -2.24. The molecule has 0 radical (unpaired) electrons. The number of benzene rings is 1. The molecule has 8 heteroatoms. The summed E-state index contributed by atoms with van der Waals surface area (Å²) in [5.41, 5.74) is 0. The van der Waals surface area contributed by atoms with Crippen molar-refractivity contribution in [3.05, 3.63) is 29.0 Å². The van der Waals surface area contributed by atoms with E-state index in [1.54, 1.807) is 4.31 Å². The van der Waals surface area contributed by atoms with Crippen LogP contribution in [0.3, 0.4) is 0 Å². The van der Waals surface area contributed by atoms with Gasteiger partial charge in [0, 0.05) is 12.1 Å². The normalized spacial score (nSPS) is 33.7. The molecule has 4 rings (SSSR count). The number of halogens is 3. The first kappa shape index (κ1) is 16.5. The van der Waals surface area contributed by atoms with Crippen LogP contribution in [0.4, 0.5) is 4.39 Å². The Balaban J connectivity index is 0.00000144. The Bertz CT molecular complexity index is 682. The fourth-order valence-corrected chi connectivity index (χ4v) is 6.64. The summed E-state index contributed by atoms with van der Waals surface area (Å²) in [5.74, 6) is -0.115. The third-order valence-corrected chi connectivity index (χ3v) is 7.44. The van der Waals surface area contributed by atoms with Gasteiger partial charge in [-0.15, -0.1) is 12.4 Å². The maximum absolute atomic E-state index is 14.2. The standard InChI is InChI=1S/C14H16ClFN2O2S.ClH/c15-10-2-1-3-13(14(10)16)21(19,20)18-11-4-5-12(18)9-7-17-6-8(9)11;/h1-3,8-9,11-12,17H,4-7H2;1H/t8-,9+,11-,12+;. The Kier molecular flexibility index (Phi) is 4.19. The molecule has 0 aliphatic carbocycles. The van der Waals surface area contributed by atoms with E-state index in [0.717, 1.165) is 25.9 Å². The second kappa shape index (κ2) is 5.60. The fourth-order valence-electron chi connectivity index (χ4n) is 4.36. The SMILES string of the molecule is Cl.O=S(=O)(c1cccc(Cl)c1F)N1[C@@H]2CC[C@H]1[C@H]1CNC[C@H]12. The molecular weight excluding hydrogens is 350 g/mol. The van der Waals surface area contributed by atoms with Crippen LogP contribution in [0.2, 0.25) is 5.02 Å². The first-order valence-corrected chi connectivity index (χ1v) is 9.02. The highest BCUT2D eigenvalue weighted by molar-refractivity contribution is 7.89. The van der Waals surface area contributed by atoms with E-state index >= 15 is 0 Å². The van der Waals surface area contributed by atoms with Crippen molar-refractivity contribution in [3.63, 3.8) is 0 Å². The number of hydrogen-bond donors (Lipinski definition) is 1. The average molecular weight is 367 g/mol. The number of hydrogen-bond acceptors (Lipinski definition) is 3. The molecule has 4 atom stereocenters. The molecule has 22 heavy (non-hydrogen) atoms. The Morgan fingerprint density at radius 3 is 2.36 bits per heavy atom. The summed E-state index contributed by atoms with van der Waals surface area (Å²) in [6.45, 7) is 1.71. The lowest BCUT2D eigenvalue weighted by molar-refractivity contribution is 0.354. The van der Waals surface area contributed by atoms with E-state index in [0.29, 0.717) is 11.8 Å². The summed E-state index contributed by atoms with van der Waals surface area (Å²) in [5, 5.41) is 3.19. The number of fused-ring (bicyclic) bond motifs is 5. The molecule has 0 spiro atoms. The van der Waals surface area contributed by atoms with Crippen LogP contribution in [0.15, 0.2) is 23.1 Å². The summed E-state index contributed by atoms with van der Waals surface area (Å²) < 4.78 is 41.5. The van der Waals surface area contributed by atoms with Gasteiger partial charge in [0.2, 0.25) is 10.0 Å². The molecule has 3 aliphatic rings. The van der Waals surface area contributed by atoms with E-state index < -0.39 is 15.8 Å². The van der Waals surface area contributed by atoms with Gasteiger partial charge in [0.25, 0.3) is 0 Å². The highest BCUT2D eigenvalue weighted by Crippen LogP contribution is 2.50. The second-order valence-corrected chi connectivity index (χ2v) is 8.30. The van der Waals surface area contributed by atoms with Gasteiger partial charge in [-0.3, -0.25) is 0 Å². The molecule has 3 aliphatic heterocycles. The summed E-state index contributed by atoms with van der Waals surface area (Å²) in [7, 11) is -3.82. The Morgan fingerprint density at radius 1 is 1.18 bits per heavy atom. The zero-order valence-corrected chi connectivity index (χ0v) is 14.1. The minimum Gasteiger partial charge on any atom is -0.316 e. The van der Waals surface area contributed by atoms with Gasteiger partial charge in [0.1, 0.15) is 4.90 Å².